The second-order valence-electron chi connectivity index (χ2n) is 8.70. The van der Waals surface area contributed by atoms with Gasteiger partial charge in [0.15, 0.2) is 6.29 Å². The zero-order valence-electron chi connectivity index (χ0n) is 22.0. The van der Waals surface area contributed by atoms with E-state index in [4.69, 9.17) is 34.2 Å². The van der Waals surface area contributed by atoms with Crippen LogP contribution in [0.5, 0.6) is 0 Å². The Kier molecular flexibility index (Phi) is 13.7. The van der Waals surface area contributed by atoms with Crippen molar-refractivity contribution in [1.29, 1.82) is 0 Å². The molecule has 38 heavy (non-hydrogen) atoms. The van der Waals surface area contributed by atoms with E-state index < -0.39 is 24.7 Å². The maximum absolute atomic E-state index is 6.33. The normalized spacial score (nSPS) is 14.5. The maximum atomic E-state index is 6.33. The molecular weight excluding hydrogens is 482 g/mol. The van der Waals surface area contributed by atoms with Crippen LogP contribution in [0, 0.1) is 0 Å². The van der Waals surface area contributed by atoms with Gasteiger partial charge >= 0.3 is 0 Å². The largest absolute Gasteiger partial charge is 0.374 e. The number of nitrogens with two attached hydrogens (primary N) is 1. The minimum absolute atomic E-state index is 0.183. The van der Waals surface area contributed by atoms with E-state index in [1.807, 2.05) is 91.0 Å². The van der Waals surface area contributed by atoms with Crippen molar-refractivity contribution in [2.75, 3.05) is 26.9 Å². The van der Waals surface area contributed by atoms with E-state index in [-0.39, 0.29) is 13.2 Å². The van der Waals surface area contributed by atoms with Gasteiger partial charge in [0.1, 0.15) is 18.4 Å². The number of benzene rings is 3. The summed E-state index contributed by atoms with van der Waals surface area (Å²) in [5, 5.41) is 0. The van der Waals surface area contributed by atoms with E-state index in [2.05, 4.69) is 6.58 Å². The van der Waals surface area contributed by atoms with Crippen LogP contribution in [0.4, 0.5) is 0 Å². The van der Waals surface area contributed by atoms with Gasteiger partial charge < -0.3 is 34.2 Å². The smallest absolute Gasteiger partial charge is 0.188 e. The molecule has 3 unspecified atom stereocenters. The molecule has 2 N–H and O–H groups in total. The van der Waals surface area contributed by atoms with Crippen molar-refractivity contribution in [3.8, 4) is 0 Å². The summed E-state index contributed by atoms with van der Waals surface area (Å²) in [6.07, 6.45) is -1.04. The average Bonchev–Trinajstić information content (AvgIpc) is 2.96. The first-order valence-electron chi connectivity index (χ1n) is 12.7. The molecule has 0 aromatic heterocycles. The van der Waals surface area contributed by atoms with Crippen LogP contribution in [-0.2, 0) is 48.2 Å². The highest BCUT2D eigenvalue weighted by Crippen LogP contribution is 2.18. The van der Waals surface area contributed by atoms with Crippen LogP contribution in [0.3, 0.4) is 0 Å². The lowest BCUT2D eigenvalue weighted by Gasteiger charge is -2.33. The predicted molar refractivity (Wildman–Crippen MR) is 147 cm³/mol. The lowest BCUT2D eigenvalue weighted by atomic mass is 10.1. The minimum atomic E-state index is -0.829. The van der Waals surface area contributed by atoms with Gasteiger partial charge in [0.2, 0.25) is 0 Å². The van der Waals surface area contributed by atoms with Crippen molar-refractivity contribution >= 4 is 0 Å². The molecule has 0 bridgehead atoms. The van der Waals surface area contributed by atoms with E-state index in [1.54, 1.807) is 13.2 Å². The second kappa shape index (κ2) is 17.6. The minimum Gasteiger partial charge on any atom is -0.374 e. The highest BCUT2D eigenvalue weighted by molar-refractivity contribution is 5.15. The Bertz CT molecular complexity index is 1000. The fourth-order valence-electron chi connectivity index (χ4n) is 3.77. The fraction of sp³-hybridized carbons (Fsp3) is 0.355. The summed E-state index contributed by atoms with van der Waals surface area (Å²) in [5.74, 6) is 0. The van der Waals surface area contributed by atoms with Crippen LogP contribution in [0.15, 0.2) is 104 Å². The summed E-state index contributed by atoms with van der Waals surface area (Å²) in [6.45, 7) is 5.73. The summed E-state index contributed by atoms with van der Waals surface area (Å²) in [4.78, 5) is 0. The first kappa shape index (κ1) is 29.7. The number of hydrogen-bond donors (Lipinski definition) is 1. The molecule has 0 aliphatic rings. The molecule has 4 atom stereocenters. The third-order valence-corrected chi connectivity index (χ3v) is 5.68. The van der Waals surface area contributed by atoms with Crippen molar-refractivity contribution in [2.45, 2.75) is 44.5 Å². The number of ether oxygens (including phenoxy) is 6. The Morgan fingerprint density at radius 2 is 1.21 bits per heavy atom. The van der Waals surface area contributed by atoms with Gasteiger partial charge in [-0.1, -0.05) is 97.1 Å². The molecule has 7 heteroatoms. The van der Waals surface area contributed by atoms with Gasteiger partial charge in [-0.3, -0.25) is 0 Å². The van der Waals surface area contributed by atoms with Crippen LogP contribution < -0.4 is 5.73 Å². The van der Waals surface area contributed by atoms with Gasteiger partial charge in [0.05, 0.1) is 39.6 Å². The highest BCUT2D eigenvalue weighted by Gasteiger charge is 2.34. The maximum Gasteiger partial charge on any atom is 0.188 e. The number of methoxy groups -OCH3 is 1. The molecule has 0 aliphatic heterocycles. The highest BCUT2D eigenvalue weighted by atomic mass is 16.7. The molecule has 0 heterocycles. The zero-order valence-corrected chi connectivity index (χ0v) is 22.0. The van der Waals surface area contributed by atoms with Gasteiger partial charge in [-0.2, -0.15) is 0 Å². The summed E-state index contributed by atoms with van der Waals surface area (Å²) >= 11 is 0. The Morgan fingerprint density at radius 3 is 1.71 bits per heavy atom. The summed E-state index contributed by atoms with van der Waals surface area (Å²) in [7, 11) is 1.55. The Labute approximate surface area is 226 Å². The first-order chi connectivity index (χ1) is 18.7. The number of hydrogen-bond acceptors (Lipinski definition) is 7. The summed E-state index contributed by atoms with van der Waals surface area (Å²) in [6, 6.07) is 29.7. The van der Waals surface area contributed by atoms with Crippen molar-refractivity contribution in [3.05, 3.63) is 120 Å². The van der Waals surface area contributed by atoms with Gasteiger partial charge in [0, 0.05) is 7.11 Å². The van der Waals surface area contributed by atoms with Crippen molar-refractivity contribution in [3.63, 3.8) is 0 Å². The van der Waals surface area contributed by atoms with E-state index in [0.29, 0.717) is 26.4 Å². The van der Waals surface area contributed by atoms with Gasteiger partial charge in [-0.25, -0.2) is 0 Å². The quantitative estimate of drug-likeness (QED) is 0.178. The van der Waals surface area contributed by atoms with E-state index in [9.17, 15) is 0 Å². The molecule has 204 valence electrons. The summed E-state index contributed by atoms with van der Waals surface area (Å²) in [5.41, 5.74) is 9.39. The van der Waals surface area contributed by atoms with E-state index in [1.165, 1.54) is 0 Å². The third-order valence-electron chi connectivity index (χ3n) is 5.68. The fourth-order valence-corrected chi connectivity index (χ4v) is 3.77. The molecule has 0 saturated carbocycles. The van der Waals surface area contributed by atoms with Gasteiger partial charge in [0.25, 0.3) is 0 Å². The lowest BCUT2D eigenvalue weighted by Crippen LogP contribution is -2.49. The average molecular weight is 522 g/mol. The van der Waals surface area contributed by atoms with Crippen molar-refractivity contribution in [1.82, 2.24) is 0 Å². The van der Waals surface area contributed by atoms with Crippen LogP contribution in [0.25, 0.3) is 0 Å². The van der Waals surface area contributed by atoms with Gasteiger partial charge in [-0.15, -0.1) is 6.58 Å². The Morgan fingerprint density at radius 1 is 0.711 bits per heavy atom. The third kappa shape index (κ3) is 10.8. The molecule has 0 saturated heterocycles. The van der Waals surface area contributed by atoms with Crippen molar-refractivity contribution in [2.24, 2.45) is 5.73 Å². The summed E-state index contributed by atoms with van der Waals surface area (Å²) < 4.78 is 36.0. The molecule has 7 nitrogen and oxygen atoms in total. The van der Waals surface area contributed by atoms with Gasteiger partial charge in [-0.05, 0) is 16.7 Å². The molecule has 0 aliphatic carbocycles. The van der Waals surface area contributed by atoms with E-state index in [0.717, 1.165) is 16.7 Å². The predicted octanol–water partition coefficient (Wildman–Crippen LogP) is 4.85. The Balaban J connectivity index is 1.66. The Hall–Kier alpha value is -2.88. The monoisotopic (exact) mass is 521 g/mol. The molecule has 0 spiro atoms. The second-order valence-corrected chi connectivity index (χ2v) is 8.70. The zero-order chi connectivity index (χ0) is 26.8. The van der Waals surface area contributed by atoms with Crippen LogP contribution in [-0.4, -0.2) is 51.7 Å². The SMILES string of the molecule is C=CCO[C@H](COCc1ccccc1)C(OCc1ccccc1)C(OC)OC(N)COCc1ccccc1. The van der Waals surface area contributed by atoms with E-state index >= 15 is 0 Å². The molecule has 3 rings (SSSR count). The molecule has 0 radical (unpaired) electrons. The topological polar surface area (TPSA) is 81.4 Å². The molecule has 0 fully saturated rings. The molecular formula is C31H39NO6. The molecule has 0 amide bonds. The van der Waals surface area contributed by atoms with Crippen LogP contribution >= 0.6 is 0 Å². The lowest BCUT2D eigenvalue weighted by molar-refractivity contribution is -0.253. The number of rotatable bonds is 19. The van der Waals surface area contributed by atoms with Crippen molar-refractivity contribution < 1.29 is 28.4 Å². The first-order valence-corrected chi connectivity index (χ1v) is 12.7. The van der Waals surface area contributed by atoms with Crippen LogP contribution in [0.2, 0.25) is 0 Å². The van der Waals surface area contributed by atoms with Crippen LogP contribution in [0.1, 0.15) is 16.7 Å². The standard InChI is InChI=1S/C31H39NO6/c1-3-19-36-28(23-34-20-25-13-7-4-8-14-25)30(37-22-27-17-11-6-12-18-27)31(33-2)38-29(32)24-35-21-26-15-9-5-10-16-26/h3-18,28-31H,1,19-24,32H2,2H3/t28-,29?,30?,31?/m1/s1. The molecule has 3 aromatic rings. The molecule has 3 aromatic carbocycles.